The van der Waals surface area contributed by atoms with Gasteiger partial charge in [-0.15, -0.1) is 0 Å². The molecule has 2 aromatic carbocycles. The van der Waals surface area contributed by atoms with Gasteiger partial charge >= 0.3 is 0 Å². The van der Waals surface area contributed by atoms with E-state index in [-0.39, 0.29) is 12.5 Å². The Balaban J connectivity index is 1.89. The molecule has 5 heteroatoms. The maximum Gasteiger partial charge on any atom is 0.262 e. The number of carbonyl (C=O) groups is 1. The van der Waals surface area contributed by atoms with E-state index in [2.05, 4.69) is 10.6 Å². The van der Waals surface area contributed by atoms with Gasteiger partial charge in [-0.2, -0.15) is 0 Å². The Morgan fingerprint density at radius 3 is 2.52 bits per heavy atom. The van der Waals surface area contributed by atoms with Gasteiger partial charge in [-0.1, -0.05) is 11.6 Å². The van der Waals surface area contributed by atoms with Crippen molar-refractivity contribution in [2.75, 3.05) is 24.3 Å². The summed E-state index contributed by atoms with van der Waals surface area (Å²) in [6.07, 6.45) is 0. The number of hydrogen-bond donors (Lipinski definition) is 2. The first kappa shape index (κ1) is 15.2. The third-order valence-corrected chi connectivity index (χ3v) is 3.21. The van der Waals surface area contributed by atoms with E-state index in [0.717, 1.165) is 16.9 Å². The molecule has 110 valence electrons. The predicted molar refractivity (Wildman–Crippen MR) is 86.3 cm³/mol. The maximum absolute atomic E-state index is 11.9. The first-order valence-corrected chi connectivity index (χ1v) is 6.93. The summed E-state index contributed by atoms with van der Waals surface area (Å²) in [5.41, 5.74) is 2.64. The van der Waals surface area contributed by atoms with Crippen LogP contribution in [-0.4, -0.2) is 19.6 Å². The van der Waals surface area contributed by atoms with Crippen LogP contribution in [0.3, 0.4) is 0 Å². The molecule has 0 aliphatic carbocycles. The summed E-state index contributed by atoms with van der Waals surface area (Å²) in [6, 6.07) is 12.7. The zero-order valence-electron chi connectivity index (χ0n) is 11.9. The lowest BCUT2D eigenvalue weighted by Gasteiger charge is -2.10. The summed E-state index contributed by atoms with van der Waals surface area (Å²) >= 11 is 5.88. The molecule has 0 aromatic heterocycles. The molecule has 4 nitrogen and oxygen atoms in total. The number of rotatable bonds is 5. The SMILES string of the molecule is CNc1ccc(OCC(=O)Nc2ccc(Cl)cc2C)cc1. The third-order valence-electron chi connectivity index (χ3n) is 2.98. The Morgan fingerprint density at radius 1 is 1.19 bits per heavy atom. The molecule has 21 heavy (non-hydrogen) atoms. The number of benzene rings is 2. The Labute approximate surface area is 129 Å². The zero-order chi connectivity index (χ0) is 15.2. The fourth-order valence-corrected chi connectivity index (χ4v) is 2.05. The van der Waals surface area contributed by atoms with Gasteiger partial charge in [-0.3, -0.25) is 4.79 Å². The van der Waals surface area contributed by atoms with Gasteiger partial charge in [0.2, 0.25) is 0 Å². The lowest BCUT2D eigenvalue weighted by atomic mass is 10.2. The highest BCUT2D eigenvalue weighted by Crippen LogP contribution is 2.19. The molecule has 2 rings (SSSR count). The molecule has 0 radical (unpaired) electrons. The number of ether oxygens (including phenoxy) is 1. The fraction of sp³-hybridized carbons (Fsp3) is 0.188. The molecule has 1 amide bonds. The standard InChI is InChI=1S/C16H17ClN2O2/c1-11-9-12(17)3-8-15(11)19-16(20)10-21-14-6-4-13(18-2)5-7-14/h3-9,18H,10H2,1-2H3,(H,19,20). The Bertz CT molecular complexity index is 627. The summed E-state index contributed by atoms with van der Waals surface area (Å²) < 4.78 is 5.44. The van der Waals surface area contributed by atoms with Crippen LogP contribution in [0.1, 0.15) is 5.56 Å². The van der Waals surface area contributed by atoms with Crippen molar-refractivity contribution in [2.24, 2.45) is 0 Å². The van der Waals surface area contributed by atoms with E-state index in [1.54, 1.807) is 18.2 Å². The van der Waals surface area contributed by atoms with E-state index < -0.39 is 0 Å². The third kappa shape index (κ3) is 4.39. The first-order chi connectivity index (χ1) is 10.1. The molecule has 2 N–H and O–H groups in total. The monoisotopic (exact) mass is 304 g/mol. The number of aryl methyl sites for hydroxylation is 1. The minimum atomic E-state index is -0.210. The van der Waals surface area contributed by atoms with Gasteiger partial charge in [0.1, 0.15) is 5.75 Å². The van der Waals surface area contributed by atoms with Gasteiger partial charge in [0, 0.05) is 23.4 Å². The van der Waals surface area contributed by atoms with Crippen molar-refractivity contribution < 1.29 is 9.53 Å². The Hall–Kier alpha value is -2.20. The number of anilines is 2. The normalized spacial score (nSPS) is 10.0. The van der Waals surface area contributed by atoms with Crippen LogP contribution in [0.15, 0.2) is 42.5 Å². The largest absolute Gasteiger partial charge is 0.484 e. The minimum absolute atomic E-state index is 0.0407. The second-order valence-corrected chi connectivity index (χ2v) is 5.01. The molecule has 0 fully saturated rings. The van der Waals surface area contributed by atoms with Crippen LogP contribution in [0.2, 0.25) is 5.02 Å². The quantitative estimate of drug-likeness (QED) is 0.885. The summed E-state index contributed by atoms with van der Waals surface area (Å²) in [5, 5.41) is 6.46. The second-order valence-electron chi connectivity index (χ2n) is 4.57. The highest BCUT2D eigenvalue weighted by Gasteiger charge is 2.06. The number of amides is 1. The molecular weight excluding hydrogens is 288 g/mol. The predicted octanol–water partition coefficient (Wildman–Crippen LogP) is 3.71. The molecule has 2 aromatic rings. The summed E-state index contributed by atoms with van der Waals surface area (Å²) in [4.78, 5) is 11.9. The first-order valence-electron chi connectivity index (χ1n) is 6.55. The number of carbonyl (C=O) groups excluding carboxylic acids is 1. The van der Waals surface area contributed by atoms with Gasteiger partial charge in [-0.05, 0) is 55.0 Å². The molecule has 0 saturated carbocycles. The summed E-state index contributed by atoms with van der Waals surface area (Å²) in [6.45, 7) is 1.85. The van der Waals surface area contributed by atoms with E-state index >= 15 is 0 Å². The Morgan fingerprint density at radius 2 is 1.90 bits per heavy atom. The fourth-order valence-electron chi connectivity index (χ4n) is 1.82. The van der Waals surface area contributed by atoms with Crippen LogP contribution >= 0.6 is 11.6 Å². The maximum atomic E-state index is 11.9. The molecular formula is C16H17ClN2O2. The molecule has 0 saturated heterocycles. The van der Waals surface area contributed by atoms with Crippen molar-refractivity contribution in [1.82, 2.24) is 0 Å². The van der Waals surface area contributed by atoms with Crippen molar-refractivity contribution >= 4 is 28.9 Å². The van der Waals surface area contributed by atoms with Crippen molar-refractivity contribution in [3.63, 3.8) is 0 Å². The smallest absolute Gasteiger partial charge is 0.262 e. The van der Waals surface area contributed by atoms with Gasteiger partial charge in [-0.25, -0.2) is 0 Å². The van der Waals surface area contributed by atoms with E-state index in [0.29, 0.717) is 10.8 Å². The van der Waals surface area contributed by atoms with Gasteiger partial charge in [0.05, 0.1) is 0 Å². The molecule has 0 unspecified atom stereocenters. The van der Waals surface area contributed by atoms with Crippen molar-refractivity contribution in [3.05, 3.63) is 53.1 Å². The highest BCUT2D eigenvalue weighted by molar-refractivity contribution is 6.30. The lowest BCUT2D eigenvalue weighted by Crippen LogP contribution is -2.20. The van der Waals surface area contributed by atoms with E-state index in [9.17, 15) is 4.79 Å². The molecule has 0 heterocycles. The topological polar surface area (TPSA) is 50.4 Å². The van der Waals surface area contributed by atoms with Crippen molar-refractivity contribution in [2.45, 2.75) is 6.92 Å². The van der Waals surface area contributed by atoms with E-state index in [1.165, 1.54) is 0 Å². The van der Waals surface area contributed by atoms with Crippen molar-refractivity contribution in [3.8, 4) is 5.75 Å². The zero-order valence-corrected chi connectivity index (χ0v) is 12.7. The van der Waals surface area contributed by atoms with Crippen molar-refractivity contribution in [1.29, 1.82) is 0 Å². The molecule has 0 aliphatic rings. The molecule has 0 bridgehead atoms. The molecule has 0 spiro atoms. The van der Waals surface area contributed by atoms with Gasteiger partial charge < -0.3 is 15.4 Å². The Kier molecular flexibility index (Phi) is 5.06. The number of halogens is 1. The second kappa shape index (κ2) is 6.99. The summed E-state index contributed by atoms with van der Waals surface area (Å²) in [7, 11) is 1.84. The van der Waals surface area contributed by atoms with Crippen LogP contribution in [0.4, 0.5) is 11.4 Å². The average molecular weight is 305 g/mol. The van der Waals surface area contributed by atoms with Crippen LogP contribution in [-0.2, 0) is 4.79 Å². The average Bonchev–Trinajstić information content (AvgIpc) is 2.48. The number of nitrogens with one attached hydrogen (secondary N) is 2. The molecule has 0 atom stereocenters. The van der Waals surface area contributed by atoms with Crippen LogP contribution < -0.4 is 15.4 Å². The highest BCUT2D eigenvalue weighted by atomic mass is 35.5. The van der Waals surface area contributed by atoms with Gasteiger partial charge in [0.25, 0.3) is 5.91 Å². The minimum Gasteiger partial charge on any atom is -0.484 e. The lowest BCUT2D eigenvalue weighted by molar-refractivity contribution is -0.118. The summed E-state index contributed by atoms with van der Waals surface area (Å²) in [5.74, 6) is 0.440. The van der Waals surface area contributed by atoms with Crippen LogP contribution in [0.25, 0.3) is 0 Å². The van der Waals surface area contributed by atoms with Crippen LogP contribution in [0.5, 0.6) is 5.75 Å². The van der Waals surface area contributed by atoms with Crippen LogP contribution in [0, 0.1) is 6.92 Å². The van der Waals surface area contributed by atoms with Gasteiger partial charge in [0.15, 0.2) is 6.61 Å². The van der Waals surface area contributed by atoms with E-state index in [1.807, 2.05) is 38.2 Å². The van der Waals surface area contributed by atoms with E-state index in [4.69, 9.17) is 16.3 Å². The molecule has 0 aliphatic heterocycles. The number of hydrogen-bond acceptors (Lipinski definition) is 3.